The fourth-order valence-electron chi connectivity index (χ4n) is 1.74. The largest absolute Gasteiger partial charge is 0.346 e. The molecular weight excluding hydrogens is 208 g/mol. The summed E-state index contributed by atoms with van der Waals surface area (Å²) in [7, 11) is 0. The summed E-state index contributed by atoms with van der Waals surface area (Å²) in [6.07, 6.45) is 3.32. The number of nitrogens with zero attached hydrogens (tertiary/aromatic N) is 3. The molecule has 2 rings (SSSR count). The van der Waals surface area contributed by atoms with Crippen molar-refractivity contribution < 1.29 is 0 Å². The van der Waals surface area contributed by atoms with Crippen LogP contribution in [-0.4, -0.2) is 35.5 Å². The maximum Gasteiger partial charge on any atom is 0.205 e. The third-order valence-corrected chi connectivity index (χ3v) is 3.36. The van der Waals surface area contributed by atoms with Gasteiger partial charge in [0.25, 0.3) is 0 Å². The first-order valence-corrected chi connectivity index (χ1v) is 6.45. The molecule has 1 aliphatic rings. The van der Waals surface area contributed by atoms with E-state index in [1.807, 2.05) is 0 Å². The molecule has 15 heavy (non-hydrogen) atoms. The molecule has 5 heteroatoms. The molecule has 1 fully saturated rings. The molecule has 1 saturated heterocycles. The van der Waals surface area contributed by atoms with Gasteiger partial charge in [-0.2, -0.15) is 4.37 Å². The molecule has 1 N–H and O–H groups in total. The highest BCUT2D eigenvalue weighted by atomic mass is 32.1. The normalized spacial score (nSPS) is 17.8. The molecule has 1 aromatic heterocycles. The fraction of sp³-hybridized carbons (Fsp3) is 0.800. The van der Waals surface area contributed by atoms with Gasteiger partial charge in [0.05, 0.1) is 0 Å². The first kappa shape index (κ1) is 10.8. The molecule has 4 nitrogen and oxygen atoms in total. The maximum absolute atomic E-state index is 4.57. The highest BCUT2D eigenvalue weighted by Crippen LogP contribution is 2.18. The van der Waals surface area contributed by atoms with Gasteiger partial charge in [-0.1, -0.05) is 6.92 Å². The number of rotatable bonds is 3. The molecule has 1 aromatic rings. The Bertz CT molecular complexity index is 291. The standard InChI is InChI=1S/C10H18N4S/c1-2-4-9-12-10(15-13-9)14-7-3-5-11-6-8-14/h11H,2-8H2,1H3. The summed E-state index contributed by atoms with van der Waals surface area (Å²) >= 11 is 1.54. The van der Waals surface area contributed by atoms with Crippen LogP contribution in [0.1, 0.15) is 25.6 Å². The lowest BCUT2D eigenvalue weighted by molar-refractivity contribution is 0.724. The molecule has 0 aliphatic carbocycles. The first-order chi connectivity index (χ1) is 7.40. The smallest absolute Gasteiger partial charge is 0.205 e. The number of aryl methyl sites for hydroxylation is 1. The van der Waals surface area contributed by atoms with Crippen LogP contribution in [0, 0.1) is 0 Å². The number of hydrogen-bond donors (Lipinski definition) is 1. The summed E-state index contributed by atoms with van der Waals surface area (Å²) in [5.41, 5.74) is 0. The molecular formula is C10H18N4S. The summed E-state index contributed by atoms with van der Waals surface area (Å²) in [6, 6.07) is 0. The van der Waals surface area contributed by atoms with Crippen LogP contribution in [0.3, 0.4) is 0 Å². The van der Waals surface area contributed by atoms with Crippen molar-refractivity contribution in [2.45, 2.75) is 26.2 Å². The van der Waals surface area contributed by atoms with Gasteiger partial charge >= 0.3 is 0 Å². The van der Waals surface area contributed by atoms with Crippen LogP contribution in [-0.2, 0) is 6.42 Å². The van der Waals surface area contributed by atoms with Gasteiger partial charge in [-0.3, -0.25) is 0 Å². The van der Waals surface area contributed by atoms with Crippen molar-refractivity contribution in [1.29, 1.82) is 0 Å². The van der Waals surface area contributed by atoms with Gasteiger partial charge in [-0.15, -0.1) is 0 Å². The van der Waals surface area contributed by atoms with Gasteiger partial charge in [0.15, 0.2) is 0 Å². The minimum absolute atomic E-state index is 1.00. The van der Waals surface area contributed by atoms with Gasteiger partial charge < -0.3 is 10.2 Å². The quantitative estimate of drug-likeness (QED) is 0.843. The Balaban J connectivity index is 2.00. The molecule has 84 valence electrons. The van der Waals surface area contributed by atoms with Crippen molar-refractivity contribution in [3.63, 3.8) is 0 Å². The molecule has 0 amide bonds. The summed E-state index contributed by atoms with van der Waals surface area (Å²) in [5.74, 6) is 1.01. The topological polar surface area (TPSA) is 41.1 Å². The third-order valence-electron chi connectivity index (χ3n) is 2.54. The molecule has 2 heterocycles. The Kier molecular flexibility index (Phi) is 3.91. The van der Waals surface area contributed by atoms with E-state index in [2.05, 4.69) is 26.5 Å². The average Bonchev–Trinajstić information content (AvgIpc) is 2.53. The van der Waals surface area contributed by atoms with Crippen molar-refractivity contribution in [3.8, 4) is 0 Å². The second-order valence-corrected chi connectivity index (χ2v) is 4.56. The number of hydrogen-bond acceptors (Lipinski definition) is 5. The van der Waals surface area contributed by atoms with Gasteiger partial charge in [-0.05, 0) is 19.4 Å². The zero-order valence-electron chi connectivity index (χ0n) is 9.20. The van der Waals surface area contributed by atoms with Gasteiger partial charge in [0.2, 0.25) is 5.13 Å². The van der Waals surface area contributed by atoms with E-state index in [0.29, 0.717) is 0 Å². The molecule has 0 aromatic carbocycles. The molecule has 0 spiro atoms. The van der Waals surface area contributed by atoms with Gasteiger partial charge in [-0.25, -0.2) is 4.98 Å². The van der Waals surface area contributed by atoms with Crippen molar-refractivity contribution in [2.75, 3.05) is 31.1 Å². The minimum Gasteiger partial charge on any atom is -0.346 e. The van der Waals surface area contributed by atoms with E-state index in [-0.39, 0.29) is 0 Å². The lowest BCUT2D eigenvalue weighted by Crippen LogP contribution is -2.27. The van der Waals surface area contributed by atoms with Crippen molar-refractivity contribution in [3.05, 3.63) is 5.82 Å². The van der Waals surface area contributed by atoms with Crippen LogP contribution in [0.5, 0.6) is 0 Å². The SMILES string of the molecule is CCCc1nsc(N2CCCNCC2)n1. The zero-order valence-corrected chi connectivity index (χ0v) is 10.0. The highest BCUT2D eigenvalue weighted by molar-refractivity contribution is 7.09. The fourth-order valence-corrected chi connectivity index (χ4v) is 2.50. The zero-order chi connectivity index (χ0) is 10.5. The van der Waals surface area contributed by atoms with Gasteiger partial charge in [0.1, 0.15) is 5.82 Å². The van der Waals surface area contributed by atoms with E-state index >= 15 is 0 Å². The monoisotopic (exact) mass is 226 g/mol. The Morgan fingerprint density at radius 1 is 1.40 bits per heavy atom. The third kappa shape index (κ3) is 2.89. The lowest BCUT2D eigenvalue weighted by Gasteiger charge is -2.17. The molecule has 1 aliphatic heterocycles. The second kappa shape index (κ2) is 5.42. The van der Waals surface area contributed by atoms with E-state index in [9.17, 15) is 0 Å². The number of anilines is 1. The Hall–Kier alpha value is -0.680. The maximum atomic E-state index is 4.57. The first-order valence-electron chi connectivity index (χ1n) is 5.68. The van der Waals surface area contributed by atoms with E-state index in [4.69, 9.17) is 0 Å². The number of nitrogens with one attached hydrogen (secondary N) is 1. The Morgan fingerprint density at radius 2 is 2.33 bits per heavy atom. The van der Waals surface area contributed by atoms with Crippen molar-refractivity contribution in [1.82, 2.24) is 14.7 Å². The molecule has 0 unspecified atom stereocenters. The van der Waals surface area contributed by atoms with E-state index in [0.717, 1.165) is 50.0 Å². The van der Waals surface area contributed by atoms with Crippen LogP contribution in [0.4, 0.5) is 5.13 Å². The van der Waals surface area contributed by atoms with Crippen molar-refractivity contribution in [2.24, 2.45) is 0 Å². The molecule has 0 saturated carbocycles. The van der Waals surface area contributed by atoms with Gasteiger partial charge in [0, 0.05) is 37.6 Å². The van der Waals surface area contributed by atoms with Crippen LogP contribution in [0.2, 0.25) is 0 Å². The summed E-state index contributed by atoms with van der Waals surface area (Å²) < 4.78 is 4.38. The van der Waals surface area contributed by atoms with Crippen LogP contribution >= 0.6 is 11.5 Å². The predicted molar refractivity (Wildman–Crippen MR) is 63.6 cm³/mol. The van der Waals surface area contributed by atoms with E-state index in [1.165, 1.54) is 6.42 Å². The average molecular weight is 226 g/mol. The second-order valence-electron chi connectivity index (χ2n) is 3.83. The predicted octanol–water partition coefficient (Wildman–Crippen LogP) is 1.29. The lowest BCUT2D eigenvalue weighted by atomic mass is 10.3. The highest BCUT2D eigenvalue weighted by Gasteiger charge is 2.13. The van der Waals surface area contributed by atoms with E-state index in [1.54, 1.807) is 11.5 Å². The summed E-state index contributed by atoms with van der Waals surface area (Å²) in [6.45, 7) is 6.50. The molecule has 0 atom stereocenters. The summed E-state index contributed by atoms with van der Waals surface area (Å²) in [5, 5.41) is 4.49. The van der Waals surface area contributed by atoms with Crippen LogP contribution in [0.25, 0.3) is 0 Å². The molecule has 0 bridgehead atoms. The van der Waals surface area contributed by atoms with E-state index < -0.39 is 0 Å². The number of aromatic nitrogens is 2. The Morgan fingerprint density at radius 3 is 3.20 bits per heavy atom. The van der Waals surface area contributed by atoms with Crippen LogP contribution in [0.15, 0.2) is 0 Å². The molecule has 0 radical (unpaired) electrons. The minimum atomic E-state index is 1.00. The summed E-state index contributed by atoms with van der Waals surface area (Å²) in [4.78, 5) is 6.91. The van der Waals surface area contributed by atoms with Crippen LogP contribution < -0.4 is 10.2 Å². The Labute approximate surface area is 94.9 Å². The van der Waals surface area contributed by atoms with Crippen molar-refractivity contribution >= 4 is 16.7 Å².